The molecular formula is C18H12ClF5N2O2S. The average molecular weight is 451 g/mol. The van der Waals surface area contributed by atoms with Crippen LogP contribution in [0.3, 0.4) is 0 Å². The lowest BCUT2D eigenvalue weighted by molar-refractivity contribution is -0.291. The highest BCUT2D eigenvalue weighted by atomic mass is 35.5. The zero-order chi connectivity index (χ0) is 21.6. The normalized spacial score (nSPS) is 12.9. The van der Waals surface area contributed by atoms with Crippen molar-refractivity contribution in [2.75, 3.05) is 6.26 Å². The molecule has 0 radical (unpaired) electrons. The monoisotopic (exact) mass is 450 g/mol. The number of aromatic nitrogens is 2. The lowest BCUT2D eigenvalue weighted by Crippen LogP contribution is -2.35. The molecule has 3 aromatic rings. The summed E-state index contributed by atoms with van der Waals surface area (Å²) in [6.07, 6.45) is -4.85. The maximum Gasteiger partial charge on any atom is 0.459 e. The Kier molecular flexibility index (Phi) is 5.20. The second-order valence-electron chi connectivity index (χ2n) is 6.17. The summed E-state index contributed by atoms with van der Waals surface area (Å²) < 4.78 is 90.8. The van der Waals surface area contributed by atoms with Crippen LogP contribution in [0, 0.1) is 0 Å². The summed E-state index contributed by atoms with van der Waals surface area (Å²) in [6, 6.07) is 10.8. The summed E-state index contributed by atoms with van der Waals surface area (Å²) in [7, 11) is -3.50. The summed E-state index contributed by atoms with van der Waals surface area (Å²) in [4.78, 5) is -0.0285. The van der Waals surface area contributed by atoms with Crippen LogP contribution in [0.25, 0.3) is 16.9 Å². The third kappa shape index (κ3) is 4.13. The van der Waals surface area contributed by atoms with Gasteiger partial charge in [-0.25, -0.2) is 13.1 Å². The molecule has 0 aliphatic rings. The van der Waals surface area contributed by atoms with Gasteiger partial charge < -0.3 is 0 Å². The molecule has 0 aliphatic heterocycles. The van der Waals surface area contributed by atoms with Crippen molar-refractivity contribution >= 4 is 21.4 Å². The Balaban J connectivity index is 2.18. The van der Waals surface area contributed by atoms with Crippen molar-refractivity contribution in [1.82, 2.24) is 9.78 Å². The molecule has 0 spiro atoms. The van der Waals surface area contributed by atoms with Gasteiger partial charge in [0.15, 0.2) is 9.84 Å². The molecule has 0 unspecified atom stereocenters. The molecule has 3 rings (SSSR count). The Hall–Kier alpha value is -2.46. The van der Waals surface area contributed by atoms with Gasteiger partial charge in [0.2, 0.25) is 0 Å². The molecule has 0 N–H and O–H groups in total. The van der Waals surface area contributed by atoms with E-state index in [-0.39, 0.29) is 26.9 Å². The SMILES string of the molecule is CS(=O)(=O)c1ccc(-c2cc(C(F)(F)C(F)(F)F)n(-c3ccc(Cl)cc3)n2)cc1. The van der Waals surface area contributed by atoms with Gasteiger partial charge in [0, 0.05) is 16.8 Å². The molecule has 0 atom stereocenters. The van der Waals surface area contributed by atoms with Crippen LogP contribution in [-0.2, 0) is 15.8 Å². The predicted molar refractivity (Wildman–Crippen MR) is 97.1 cm³/mol. The van der Waals surface area contributed by atoms with Crippen molar-refractivity contribution in [3.05, 3.63) is 65.3 Å². The smallest absolute Gasteiger partial charge is 0.231 e. The van der Waals surface area contributed by atoms with Gasteiger partial charge >= 0.3 is 12.1 Å². The third-order valence-electron chi connectivity index (χ3n) is 4.04. The first-order valence-corrected chi connectivity index (χ1v) is 10.2. The first-order valence-electron chi connectivity index (χ1n) is 7.92. The van der Waals surface area contributed by atoms with Gasteiger partial charge in [-0.05, 0) is 42.5 Å². The maximum atomic E-state index is 14.1. The first-order chi connectivity index (χ1) is 13.3. The van der Waals surface area contributed by atoms with Crippen LogP contribution in [0.15, 0.2) is 59.5 Å². The van der Waals surface area contributed by atoms with E-state index in [4.69, 9.17) is 11.6 Å². The number of hydrogen-bond donors (Lipinski definition) is 0. The van der Waals surface area contributed by atoms with E-state index in [2.05, 4.69) is 5.10 Å². The van der Waals surface area contributed by atoms with E-state index in [1.165, 1.54) is 48.5 Å². The van der Waals surface area contributed by atoms with Gasteiger partial charge in [-0.3, -0.25) is 0 Å². The summed E-state index contributed by atoms with van der Waals surface area (Å²) in [6.45, 7) is 0. The summed E-state index contributed by atoms with van der Waals surface area (Å²) in [5.74, 6) is -5.18. The standard InChI is InChI=1S/C18H12ClF5N2O2S/c1-29(27,28)14-8-2-11(3-9-14)15-10-16(17(20,21)18(22,23)24)26(25-15)13-6-4-12(19)5-7-13/h2-10H,1H3. The van der Waals surface area contributed by atoms with Gasteiger partial charge in [-0.15, -0.1) is 0 Å². The number of alkyl halides is 5. The minimum Gasteiger partial charge on any atom is -0.231 e. The molecule has 0 saturated carbocycles. The number of hydrogen-bond acceptors (Lipinski definition) is 3. The molecule has 0 saturated heterocycles. The van der Waals surface area contributed by atoms with E-state index < -0.39 is 27.6 Å². The highest BCUT2D eigenvalue weighted by molar-refractivity contribution is 7.90. The average Bonchev–Trinajstić information content (AvgIpc) is 3.07. The number of halogens is 6. The van der Waals surface area contributed by atoms with Crippen LogP contribution >= 0.6 is 11.6 Å². The molecule has 4 nitrogen and oxygen atoms in total. The molecular weight excluding hydrogens is 439 g/mol. The van der Waals surface area contributed by atoms with Gasteiger partial charge in [-0.2, -0.15) is 27.1 Å². The quantitative estimate of drug-likeness (QED) is 0.510. The number of benzene rings is 2. The summed E-state index contributed by atoms with van der Waals surface area (Å²) in [5.41, 5.74) is -1.44. The predicted octanol–water partition coefficient (Wildman–Crippen LogP) is 5.25. The van der Waals surface area contributed by atoms with E-state index in [1.807, 2.05) is 0 Å². The highest BCUT2D eigenvalue weighted by Crippen LogP contribution is 2.45. The largest absolute Gasteiger partial charge is 0.459 e. The van der Waals surface area contributed by atoms with Gasteiger partial charge in [0.1, 0.15) is 5.69 Å². The van der Waals surface area contributed by atoms with Crippen LogP contribution in [-0.4, -0.2) is 30.6 Å². The van der Waals surface area contributed by atoms with Crippen LogP contribution in [0.2, 0.25) is 5.02 Å². The van der Waals surface area contributed by atoms with Crippen molar-refractivity contribution in [3.8, 4) is 16.9 Å². The fraction of sp³-hybridized carbons (Fsp3) is 0.167. The molecule has 2 aromatic carbocycles. The van der Waals surface area contributed by atoms with Crippen molar-refractivity contribution in [2.45, 2.75) is 17.0 Å². The number of rotatable bonds is 4. The lowest BCUT2D eigenvalue weighted by Gasteiger charge is -2.20. The van der Waals surface area contributed by atoms with Crippen LogP contribution in [0.5, 0.6) is 0 Å². The first kappa shape index (κ1) is 21.3. The van der Waals surface area contributed by atoms with Crippen molar-refractivity contribution < 1.29 is 30.4 Å². The van der Waals surface area contributed by atoms with Gasteiger partial charge in [0.25, 0.3) is 0 Å². The minimum absolute atomic E-state index is 0.0285. The van der Waals surface area contributed by atoms with Gasteiger partial charge in [0.05, 0.1) is 16.3 Å². The van der Waals surface area contributed by atoms with E-state index >= 15 is 0 Å². The van der Waals surface area contributed by atoms with Crippen molar-refractivity contribution in [1.29, 1.82) is 0 Å². The topological polar surface area (TPSA) is 52.0 Å². The Morgan fingerprint density at radius 2 is 1.48 bits per heavy atom. The fourth-order valence-electron chi connectivity index (χ4n) is 2.54. The summed E-state index contributed by atoms with van der Waals surface area (Å²) in [5, 5.41) is 4.16. The van der Waals surface area contributed by atoms with E-state index in [1.54, 1.807) is 0 Å². The van der Waals surface area contributed by atoms with Gasteiger partial charge in [-0.1, -0.05) is 23.7 Å². The van der Waals surface area contributed by atoms with Crippen molar-refractivity contribution in [2.24, 2.45) is 0 Å². The van der Waals surface area contributed by atoms with E-state index in [0.29, 0.717) is 10.7 Å². The molecule has 154 valence electrons. The van der Waals surface area contributed by atoms with Crippen molar-refractivity contribution in [3.63, 3.8) is 0 Å². The maximum absolute atomic E-state index is 14.1. The molecule has 0 bridgehead atoms. The molecule has 0 aliphatic carbocycles. The number of sulfone groups is 1. The zero-order valence-electron chi connectivity index (χ0n) is 14.6. The van der Waals surface area contributed by atoms with Crippen LogP contribution < -0.4 is 0 Å². The van der Waals surface area contributed by atoms with Crippen LogP contribution in [0.1, 0.15) is 5.69 Å². The van der Waals surface area contributed by atoms with E-state index in [0.717, 1.165) is 6.26 Å². The molecule has 0 fully saturated rings. The van der Waals surface area contributed by atoms with E-state index in [9.17, 15) is 30.4 Å². The second kappa shape index (κ2) is 7.10. The molecule has 29 heavy (non-hydrogen) atoms. The fourth-order valence-corrected chi connectivity index (χ4v) is 3.30. The Morgan fingerprint density at radius 1 is 0.931 bits per heavy atom. The third-order valence-corrected chi connectivity index (χ3v) is 5.42. The zero-order valence-corrected chi connectivity index (χ0v) is 16.2. The second-order valence-corrected chi connectivity index (χ2v) is 8.62. The number of nitrogens with zero attached hydrogens (tertiary/aromatic N) is 2. The summed E-state index contributed by atoms with van der Waals surface area (Å²) >= 11 is 5.75. The Bertz CT molecular complexity index is 1140. The molecule has 1 heterocycles. The molecule has 0 amide bonds. The minimum atomic E-state index is -5.84. The molecule has 1 aromatic heterocycles. The van der Waals surface area contributed by atoms with Crippen LogP contribution in [0.4, 0.5) is 22.0 Å². The lowest BCUT2D eigenvalue weighted by atomic mass is 10.1. The Morgan fingerprint density at radius 3 is 1.97 bits per heavy atom. The Labute approximate surface area is 167 Å². The molecule has 11 heteroatoms. The highest BCUT2D eigenvalue weighted by Gasteiger charge is 2.61.